The first kappa shape index (κ1) is 12.3. The van der Waals surface area contributed by atoms with E-state index in [4.69, 9.17) is 10.8 Å². The van der Waals surface area contributed by atoms with Crippen molar-refractivity contribution in [1.29, 1.82) is 0 Å². The Morgan fingerprint density at radius 2 is 2.27 bits per heavy atom. The summed E-state index contributed by atoms with van der Waals surface area (Å²) in [5, 5.41) is 9.01. The molecule has 0 aromatic carbocycles. The van der Waals surface area contributed by atoms with Gasteiger partial charge in [0.2, 0.25) is 5.91 Å². The lowest BCUT2D eigenvalue weighted by atomic mass is 10.1. The second-order valence-corrected chi connectivity index (χ2v) is 5.16. The largest absolute Gasteiger partial charge is 0.480 e. The lowest BCUT2D eigenvalue weighted by Gasteiger charge is -2.35. The highest BCUT2D eigenvalue weighted by atomic mass is 32.2. The fraction of sp³-hybridized carbons (Fsp3) is 0.778. The van der Waals surface area contributed by atoms with Crippen molar-refractivity contribution in [2.45, 2.75) is 31.2 Å². The highest BCUT2D eigenvalue weighted by Crippen LogP contribution is 2.41. The van der Waals surface area contributed by atoms with Gasteiger partial charge in [-0.2, -0.15) is 0 Å². The molecule has 1 fully saturated rings. The van der Waals surface area contributed by atoms with Gasteiger partial charge in [-0.05, 0) is 13.3 Å². The van der Waals surface area contributed by atoms with Crippen molar-refractivity contribution in [3.05, 3.63) is 0 Å². The number of rotatable bonds is 3. The number of hydrogen-bond donors (Lipinski definition) is 2. The predicted octanol–water partition coefficient (Wildman–Crippen LogP) is 0.0999. The number of aliphatic carboxylic acids is 1. The zero-order valence-electron chi connectivity index (χ0n) is 8.90. The molecule has 15 heavy (non-hydrogen) atoms. The van der Waals surface area contributed by atoms with E-state index in [1.807, 2.05) is 13.8 Å². The van der Waals surface area contributed by atoms with Gasteiger partial charge in [-0.25, -0.2) is 4.79 Å². The lowest BCUT2D eigenvalue weighted by molar-refractivity contribution is -0.150. The lowest BCUT2D eigenvalue weighted by Crippen LogP contribution is -2.52. The third kappa shape index (κ3) is 2.10. The molecule has 0 bridgehead atoms. The summed E-state index contributed by atoms with van der Waals surface area (Å²) in [7, 11) is 0. The molecule has 1 aliphatic heterocycles. The molecule has 1 rings (SSSR count). The molecule has 5 nitrogen and oxygen atoms in total. The van der Waals surface area contributed by atoms with Crippen molar-refractivity contribution in [1.82, 2.24) is 4.90 Å². The maximum atomic E-state index is 11.6. The Bertz CT molecular complexity index is 285. The number of carbonyl (C=O) groups is 2. The van der Waals surface area contributed by atoms with Crippen LogP contribution in [0.1, 0.15) is 20.3 Å². The summed E-state index contributed by atoms with van der Waals surface area (Å²) >= 11 is 1.50. The number of carbonyl (C=O) groups excluding carboxylic acids is 1. The van der Waals surface area contributed by atoms with Gasteiger partial charge in [0.1, 0.15) is 6.04 Å². The Labute approximate surface area is 93.0 Å². The van der Waals surface area contributed by atoms with Crippen molar-refractivity contribution >= 4 is 23.6 Å². The first-order valence-electron chi connectivity index (χ1n) is 4.85. The molecule has 2 unspecified atom stereocenters. The van der Waals surface area contributed by atoms with Gasteiger partial charge in [0, 0.05) is 5.75 Å². The minimum atomic E-state index is -0.957. The second kappa shape index (κ2) is 4.40. The SMILES string of the molecule is CCC1(C)SCC(C(=O)O)N1C(=O)CN. The summed E-state index contributed by atoms with van der Waals surface area (Å²) in [5.41, 5.74) is 5.30. The second-order valence-electron chi connectivity index (χ2n) is 3.66. The summed E-state index contributed by atoms with van der Waals surface area (Å²) in [6, 6.07) is -0.740. The predicted molar refractivity (Wildman–Crippen MR) is 58.5 cm³/mol. The molecular weight excluding hydrogens is 216 g/mol. The molecule has 0 aromatic heterocycles. The van der Waals surface area contributed by atoms with Crippen molar-refractivity contribution in [2.75, 3.05) is 12.3 Å². The molecule has 3 N–H and O–H groups in total. The molecule has 2 atom stereocenters. The normalized spacial score (nSPS) is 30.6. The maximum absolute atomic E-state index is 11.6. The number of nitrogens with two attached hydrogens (primary N) is 1. The molecule has 6 heteroatoms. The van der Waals surface area contributed by atoms with Gasteiger partial charge in [-0.3, -0.25) is 4.79 Å². The number of amides is 1. The molecule has 0 spiro atoms. The summed E-state index contributed by atoms with van der Waals surface area (Å²) < 4.78 is 0. The summed E-state index contributed by atoms with van der Waals surface area (Å²) in [5.74, 6) is -0.816. The summed E-state index contributed by atoms with van der Waals surface area (Å²) in [6.07, 6.45) is 0.715. The van der Waals surface area contributed by atoms with Gasteiger partial charge in [0.25, 0.3) is 0 Å². The van der Waals surface area contributed by atoms with E-state index >= 15 is 0 Å². The molecule has 0 radical (unpaired) electrons. The van der Waals surface area contributed by atoms with Crippen molar-refractivity contribution < 1.29 is 14.7 Å². The Hall–Kier alpha value is -0.750. The summed E-state index contributed by atoms with van der Waals surface area (Å²) in [4.78, 5) is 23.6. The Balaban J connectivity index is 2.97. The zero-order chi connectivity index (χ0) is 11.6. The van der Waals surface area contributed by atoms with Crippen LogP contribution >= 0.6 is 11.8 Å². The maximum Gasteiger partial charge on any atom is 0.327 e. The van der Waals surface area contributed by atoms with Crippen LogP contribution in [-0.2, 0) is 9.59 Å². The van der Waals surface area contributed by atoms with Crippen LogP contribution in [0.5, 0.6) is 0 Å². The quantitative estimate of drug-likeness (QED) is 0.721. The van der Waals surface area contributed by atoms with Gasteiger partial charge in [0.05, 0.1) is 11.4 Å². The van der Waals surface area contributed by atoms with Crippen LogP contribution in [0.2, 0.25) is 0 Å². The zero-order valence-corrected chi connectivity index (χ0v) is 9.71. The number of hydrogen-bond acceptors (Lipinski definition) is 4. The first-order chi connectivity index (χ1) is 6.96. The monoisotopic (exact) mass is 232 g/mol. The average molecular weight is 232 g/mol. The molecule has 1 aliphatic rings. The first-order valence-corrected chi connectivity index (χ1v) is 5.84. The molecule has 1 saturated heterocycles. The number of thioether (sulfide) groups is 1. The van der Waals surface area contributed by atoms with E-state index in [-0.39, 0.29) is 12.5 Å². The van der Waals surface area contributed by atoms with E-state index in [1.54, 1.807) is 0 Å². The van der Waals surface area contributed by atoms with Crippen molar-refractivity contribution in [3.63, 3.8) is 0 Å². The van der Waals surface area contributed by atoms with Crippen LogP contribution < -0.4 is 5.73 Å². The standard InChI is InChI=1S/C9H16N2O3S/c1-3-9(2)11(7(12)4-10)6(5-15-9)8(13)14/h6H,3-5,10H2,1-2H3,(H,13,14). The fourth-order valence-electron chi connectivity index (χ4n) is 1.72. The smallest absolute Gasteiger partial charge is 0.327 e. The molecule has 86 valence electrons. The topological polar surface area (TPSA) is 83.6 Å². The Kier molecular flexibility index (Phi) is 3.62. The van der Waals surface area contributed by atoms with E-state index in [9.17, 15) is 9.59 Å². The number of carboxylic acids is 1. The van der Waals surface area contributed by atoms with Gasteiger partial charge >= 0.3 is 5.97 Å². The minimum absolute atomic E-state index is 0.139. The van der Waals surface area contributed by atoms with E-state index in [0.29, 0.717) is 12.2 Å². The van der Waals surface area contributed by atoms with Crippen LogP contribution in [0.25, 0.3) is 0 Å². The van der Waals surface area contributed by atoms with Gasteiger partial charge in [-0.1, -0.05) is 6.92 Å². The fourth-order valence-corrected chi connectivity index (χ4v) is 3.10. The third-order valence-corrected chi connectivity index (χ3v) is 4.35. The summed E-state index contributed by atoms with van der Waals surface area (Å²) in [6.45, 7) is 3.68. The Morgan fingerprint density at radius 3 is 2.67 bits per heavy atom. The van der Waals surface area contributed by atoms with Gasteiger partial charge < -0.3 is 15.7 Å². The van der Waals surface area contributed by atoms with E-state index in [0.717, 1.165) is 0 Å². The molecule has 0 saturated carbocycles. The van der Waals surface area contributed by atoms with E-state index in [2.05, 4.69) is 0 Å². The number of nitrogens with zero attached hydrogens (tertiary/aromatic N) is 1. The van der Waals surface area contributed by atoms with Crippen LogP contribution in [0.4, 0.5) is 0 Å². The minimum Gasteiger partial charge on any atom is -0.480 e. The van der Waals surface area contributed by atoms with Crippen molar-refractivity contribution in [2.24, 2.45) is 5.73 Å². The number of carboxylic acid groups (broad SMARTS) is 1. The van der Waals surface area contributed by atoms with Gasteiger partial charge in [-0.15, -0.1) is 11.8 Å². The Morgan fingerprint density at radius 1 is 1.67 bits per heavy atom. The molecule has 0 aromatic rings. The molecule has 0 aliphatic carbocycles. The van der Waals surface area contributed by atoms with E-state index in [1.165, 1.54) is 16.7 Å². The molecular formula is C9H16N2O3S. The van der Waals surface area contributed by atoms with Crippen LogP contribution in [0, 0.1) is 0 Å². The van der Waals surface area contributed by atoms with Crippen LogP contribution in [-0.4, -0.2) is 45.1 Å². The van der Waals surface area contributed by atoms with Crippen LogP contribution in [0.15, 0.2) is 0 Å². The highest BCUT2D eigenvalue weighted by Gasteiger charge is 2.47. The van der Waals surface area contributed by atoms with E-state index < -0.39 is 16.9 Å². The van der Waals surface area contributed by atoms with Crippen molar-refractivity contribution in [3.8, 4) is 0 Å². The molecule has 1 amide bonds. The third-order valence-electron chi connectivity index (χ3n) is 2.76. The molecule has 1 heterocycles. The van der Waals surface area contributed by atoms with Crippen LogP contribution in [0.3, 0.4) is 0 Å². The average Bonchev–Trinajstić information content (AvgIpc) is 2.56. The highest BCUT2D eigenvalue weighted by molar-refractivity contribution is 8.00. The van der Waals surface area contributed by atoms with Gasteiger partial charge in [0.15, 0.2) is 0 Å².